The fraction of sp³-hybridized carbons (Fsp3) is 0.364. The maximum Gasteiger partial charge on any atom is 0.269 e. The van der Waals surface area contributed by atoms with E-state index >= 15 is 0 Å². The van der Waals surface area contributed by atoms with Crippen LogP contribution in [0.5, 0.6) is 0 Å². The average molecular weight is 274 g/mol. The largest absolute Gasteiger partial charge is 0.352 e. The minimum Gasteiger partial charge on any atom is -0.352 e. The van der Waals surface area contributed by atoms with Crippen LogP contribution in [0.4, 0.5) is 5.69 Å². The van der Waals surface area contributed by atoms with Crippen molar-refractivity contribution in [2.24, 2.45) is 5.73 Å². The maximum atomic E-state index is 11.5. The molecular weight excluding hydrogens is 258 g/mol. The summed E-state index contributed by atoms with van der Waals surface area (Å²) >= 11 is 0. The van der Waals surface area contributed by atoms with Gasteiger partial charge in [-0.1, -0.05) is 12.1 Å². The van der Waals surface area contributed by atoms with Crippen molar-refractivity contribution in [2.75, 3.05) is 6.54 Å². The van der Waals surface area contributed by atoms with Gasteiger partial charge in [-0.3, -0.25) is 14.9 Å². The molecule has 0 fully saturated rings. The zero-order chi connectivity index (χ0) is 12.8. The van der Waals surface area contributed by atoms with Gasteiger partial charge in [-0.15, -0.1) is 12.4 Å². The summed E-state index contributed by atoms with van der Waals surface area (Å²) in [6.07, 6.45) is 0.197. The van der Waals surface area contributed by atoms with Crippen LogP contribution in [0.1, 0.15) is 12.5 Å². The molecule has 0 saturated heterocycles. The number of nitro benzene ring substituents is 1. The third-order valence-electron chi connectivity index (χ3n) is 2.27. The monoisotopic (exact) mass is 273 g/mol. The first-order chi connectivity index (χ1) is 8.02. The molecule has 7 heteroatoms. The van der Waals surface area contributed by atoms with Crippen molar-refractivity contribution in [3.63, 3.8) is 0 Å². The van der Waals surface area contributed by atoms with Gasteiger partial charge in [-0.05, 0) is 12.5 Å². The van der Waals surface area contributed by atoms with Crippen LogP contribution >= 0.6 is 12.4 Å². The predicted molar refractivity (Wildman–Crippen MR) is 70.7 cm³/mol. The Kier molecular flexibility index (Phi) is 6.92. The highest BCUT2D eigenvalue weighted by Crippen LogP contribution is 2.12. The van der Waals surface area contributed by atoms with Crippen molar-refractivity contribution in [3.05, 3.63) is 39.9 Å². The van der Waals surface area contributed by atoms with Gasteiger partial charge >= 0.3 is 0 Å². The molecule has 1 aromatic rings. The maximum absolute atomic E-state index is 11.5. The molecule has 3 N–H and O–H groups in total. The van der Waals surface area contributed by atoms with E-state index in [-0.39, 0.29) is 36.5 Å². The predicted octanol–water partition coefficient (Wildman–Crippen LogP) is 1.02. The van der Waals surface area contributed by atoms with Crippen molar-refractivity contribution in [1.29, 1.82) is 0 Å². The lowest BCUT2D eigenvalue weighted by Crippen LogP contribution is -2.38. The first-order valence-corrected chi connectivity index (χ1v) is 5.25. The van der Waals surface area contributed by atoms with Gasteiger partial charge in [0.05, 0.1) is 11.3 Å². The molecule has 6 nitrogen and oxygen atoms in total. The second-order valence-electron chi connectivity index (χ2n) is 3.80. The minimum absolute atomic E-state index is 0. The Balaban J connectivity index is 0.00000289. The fourth-order valence-corrected chi connectivity index (χ4v) is 1.31. The summed E-state index contributed by atoms with van der Waals surface area (Å²) in [7, 11) is 0. The Morgan fingerprint density at radius 1 is 1.44 bits per heavy atom. The molecule has 0 aliphatic carbocycles. The van der Waals surface area contributed by atoms with Gasteiger partial charge in [0.1, 0.15) is 0 Å². The van der Waals surface area contributed by atoms with Crippen LogP contribution < -0.4 is 11.1 Å². The average Bonchev–Trinajstić information content (AvgIpc) is 2.29. The van der Waals surface area contributed by atoms with E-state index in [1.165, 1.54) is 12.1 Å². The molecule has 0 aliphatic rings. The van der Waals surface area contributed by atoms with E-state index in [2.05, 4.69) is 5.32 Å². The highest BCUT2D eigenvalue weighted by Gasteiger charge is 2.08. The molecule has 0 radical (unpaired) electrons. The fourth-order valence-electron chi connectivity index (χ4n) is 1.31. The number of nitro groups is 1. The third kappa shape index (κ3) is 5.11. The molecule has 1 atom stereocenters. The standard InChI is InChI=1S/C11H15N3O3.ClH/c1-8(7-12)13-11(15)6-9-2-4-10(5-3-9)14(16)17;/h2-5,8H,6-7,12H2,1H3,(H,13,15);1H/t8-;/m0./s1. The second kappa shape index (κ2) is 7.62. The Hall–Kier alpha value is -1.66. The summed E-state index contributed by atoms with van der Waals surface area (Å²) < 4.78 is 0. The number of nitrogens with two attached hydrogens (primary N) is 1. The van der Waals surface area contributed by atoms with Crippen LogP contribution in [0.3, 0.4) is 0 Å². The number of nitrogens with one attached hydrogen (secondary N) is 1. The van der Waals surface area contributed by atoms with E-state index in [0.717, 1.165) is 5.56 Å². The van der Waals surface area contributed by atoms with Crippen molar-refractivity contribution < 1.29 is 9.72 Å². The van der Waals surface area contributed by atoms with Gasteiger partial charge in [-0.25, -0.2) is 0 Å². The molecule has 1 rings (SSSR count). The lowest BCUT2D eigenvalue weighted by molar-refractivity contribution is -0.384. The lowest BCUT2D eigenvalue weighted by atomic mass is 10.1. The molecule has 0 bridgehead atoms. The second-order valence-corrected chi connectivity index (χ2v) is 3.80. The number of non-ortho nitro benzene ring substituents is 1. The molecule has 1 aromatic carbocycles. The van der Waals surface area contributed by atoms with Gasteiger partial charge < -0.3 is 11.1 Å². The Morgan fingerprint density at radius 3 is 2.44 bits per heavy atom. The van der Waals surface area contributed by atoms with Crippen LogP contribution in [-0.2, 0) is 11.2 Å². The van der Waals surface area contributed by atoms with Gasteiger partial charge in [0, 0.05) is 24.7 Å². The van der Waals surface area contributed by atoms with Crippen molar-refractivity contribution in [2.45, 2.75) is 19.4 Å². The first kappa shape index (κ1) is 16.3. The van der Waals surface area contributed by atoms with E-state index in [1.54, 1.807) is 12.1 Å². The van der Waals surface area contributed by atoms with Crippen molar-refractivity contribution in [3.8, 4) is 0 Å². The zero-order valence-electron chi connectivity index (χ0n) is 9.96. The molecular formula is C11H16ClN3O3. The van der Waals surface area contributed by atoms with Gasteiger partial charge in [0.15, 0.2) is 0 Å². The molecule has 0 spiro atoms. The number of nitrogens with zero attached hydrogens (tertiary/aromatic N) is 1. The summed E-state index contributed by atoms with van der Waals surface area (Å²) in [5.74, 6) is -0.142. The SMILES string of the molecule is C[C@@H](CN)NC(=O)Cc1ccc([N+](=O)[O-])cc1.Cl. The number of carbonyl (C=O) groups is 1. The van der Waals surface area contributed by atoms with Crippen LogP contribution in [0.2, 0.25) is 0 Å². The molecule has 0 aromatic heterocycles. The smallest absolute Gasteiger partial charge is 0.269 e. The van der Waals surface area contributed by atoms with E-state index in [0.29, 0.717) is 6.54 Å². The van der Waals surface area contributed by atoms with Gasteiger partial charge in [-0.2, -0.15) is 0 Å². The van der Waals surface area contributed by atoms with Crippen LogP contribution in [0.15, 0.2) is 24.3 Å². The molecule has 0 unspecified atom stereocenters. The van der Waals surface area contributed by atoms with Crippen LogP contribution in [-0.4, -0.2) is 23.4 Å². The molecule has 0 aliphatic heterocycles. The number of benzene rings is 1. The van der Waals surface area contributed by atoms with Crippen molar-refractivity contribution >= 4 is 24.0 Å². The number of carbonyl (C=O) groups excluding carboxylic acids is 1. The van der Waals surface area contributed by atoms with Crippen LogP contribution in [0, 0.1) is 10.1 Å². The Morgan fingerprint density at radius 2 is 2.00 bits per heavy atom. The van der Waals surface area contributed by atoms with Crippen LogP contribution in [0.25, 0.3) is 0 Å². The molecule has 100 valence electrons. The van der Waals surface area contributed by atoms with Gasteiger partial charge in [0.25, 0.3) is 5.69 Å². The Labute approximate surface area is 111 Å². The highest BCUT2D eigenvalue weighted by molar-refractivity contribution is 5.85. The van der Waals surface area contributed by atoms with Gasteiger partial charge in [0.2, 0.25) is 5.91 Å². The minimum atomic E-state index is -0.472. The molecule has 1 amide bonds. The third-order valence-corrected chi connectivity index (χ3v) is 2.27. The summed E-state index contributed by atoms with van der Waals surface area (Å²) in [6, 6.07) is 5.85. The molecule has 0 saturated carbocycles. The topological polar surface area (TPSA) is 98.3 Å². The van der Waals surface area contributed by atoms with E-state index in [9.17, 15) is 14.9 Å². The Bertz CT molecular complexity index is 408. The number of hydrogen-bond acceptors (Lipinski definition) is 4. The molecule has 0 heterocycles. The summed E-state index contributed by atoms with van der Waals surface area (Å²) in [6.45, 7) is 2.19. The highest BCUT2D eigenvalue weighted by atomic mass is 35.5. The van der Waals surface area contributed by atoms with E-state index in [4.69, 9.17) is 5.73 Å². The van der Waals surface area contributed by atoms with E-state index < -0.39 is 4.92 Å². The normalized spacial score (nSPS) is 11.2. The number of hydrogen-bond donors (Lipinski definition) is 2. The number of rotatable bonds is 5. The quantitative estimate of drug-likeness (QED) is 0.618. The summed E-state index contributed by atoms with van der Waals surface area (Å²) in [5.41, 5.74) is 6.13. The van der Waals surface area contributed by atoms with E-state index in [1.807, 2.05) is 6.92 Å². The molecule has 18 heavy (non-hydrogen) atoms. The summed E-state index contributed by atoms with van der Waals surface area (Å²) in [5, 5.41) is 13.1. The van der Waals surface area contributed by atoms with Crippen molar-refractivity contribution in [1.82, 2.24) is 5.32 Å². The number of amides is 1. The lowest BCUT2D eigenvalue weighted by Gasteiger charge is -2.10. The zero-order valence-corrected chi connectivity index (χ0v) is 10.8. The number of halogens is 1. The summed E-state index contributed by atoms with van der Waals surface area (Å²) in [4.78, 5) is 21.5. The first-order valence-electron chi connectivity index (χ1n) is 5.25.